The molecule has 0 radical (unpaired) electrons. The van der Waals surface area contributed by atoms with Gasteiger partial charge in [0, 0.05) is 11.1 Å². The lowest BCUT2D eigenvalue weighted by Gasteiger charge is -2.31. The van der Waals surface area contributed by atoms with Crippen LogP contribution in [0.2, 0.25) is 0 Å². The highest BCUT2D eigenvalue weighted by atomic mass is 19.4. The van der Waals surface area contributed by atoms with Gasteiger partial charge in [0.15, 0.2) is 0 Å². The molecule has 2 aromatic rings. The number of aryl methyl sites for hydroxylation is 1. The first-order valence-corrected chi connectivity index (χ1v) is 8.21. The van der Waals surface area contributed by atoms with Gasteiger partial charge in [-0.15, -0.1) is 0 Å². The molecule has 176 valence electrons. The summed E-state index contributed by atoms with van der Waals surface area (Å²) in [5, 5.41) is 1.68. The summed E-state index contributed by atoms with van der Waals surface area (Å²) in [6.07, 6.45) is -18.9. The van der Waals surface area contributed by atoms with Crippen molar-refractivity contribution >= 4 is 17.3 Å². The number of carbonyl (C=O) groups is 1. The molecule has 0 fully saturated rings. The van der Waals surface area contributed by atoms with E-state index in [1.165, 1.54) is 0 Å². The maximum absolute atomic E-state index is 14.3. The first-order valence-electron chi connectivity index (χ1n) is 8.21. The van der Waals surface area contributed by atoms with Gasteiger partial charge in [-0.3, -0.25) is 4.79 Å². The van der Waals surface area contributed by atoms with Crippen molar-refractivity contribution in [2.75, 3.05) is 11.1 Å². The van der Waals surface area contributed by atoms with Crippen LogP contribution >= 0.6 is 0 Å². The third-order valence-electron chi connectivity index (χ3n) is 4.32. The van der Waals surface area contributed by atoms with Gasteiger partial charge in [-0.2, -0.15) is 39.5 Å². The molecule has 2 aromatic carbocycles. The number of nitrogen functional groups attached to an aromatic ring is 1. The lowest BCUT2D eigenvalue weighted by atomic mass is 9.90. The second kappa shape index (κ2) is 7.81. The molecule has 0 aromatic heterocycles. The third kappa shape index (κ3) is 4.43. The first-order chi connectivity index (χ1) is 14.3. The summed E-state index contributed by atoms with van der Waals surface area (Å²) in [5.41, 5.74) is -8.60. The molecule has 3 N–H and O–H groups in total. The number of hydrogen-bond donors (Lipinski definition) is 2. The number of nitrogens with two attached hydrogens (primary N) is 1. The lowest BCUT2D eigenvalue weighted by molar-refractivity contribution is -0.348. The Kier molecular flexibility index (Phi) is 6.15. The predicted molar refractivity (Wildman–Crippen MR) is 89.8 cm³/mol. The Labute approximate surface area is 172 Å². The average Bonchev–Trinajstić information content (AvgIpc) is 2.61. The summed E-state index contributed by atoms with van der Waals surface area (Å²) in [5.74, 6) is -2.30. The van der Waals surface area contributed by atoms with Crippen molar-refractivity contribution in [3.8, 4) is 0 Å². The number of alkyl halides is 10. The van der Waals surface area contributed by atoms with Gasteiger partial charge in [-0.1, -0.05) is 6.07 Å². The van der Waals surface area contributed by atoms with Gasteiger partial charge in [-0.05, 0) is 36.8 Å². The molecule has 0 saturated carbocycles. The Morgan fingerprint density at radius 2 is 1.41 bits per heavy atom. The summed E-state index contributed by atoms with van der Waals surface area (Å²) >= 11 is 0. The summed E-state index contributed by atoms with van der Waals surface area (Å²) in [7, 11) is 0. The van der Waals surface area contributed by atoms with Gasteiger partial charge in [0.25, 0.3) is 5.91 Å². The highest BCUT2D eigenvalue weighted by Crippen LogP contribution is 2.54. The molecular formula is C18H11F11N2O. The highest BCUT2D eigenvalue weighted by Gasteiger charge is 2.73. The molecule has 0 bridgehead atoms. The number of hydrogen-bond acceptors (Lipinski definition) is 2. The van der Waals surface area contributed by atoms with E-state index in [0.29, 0.717) is 13.0 Å². The molecule has 0 saturated heterocycles. The van der Waals surface area contributed by atoms with Crippen LogP contribution in [0.5, 0.6) is 0 Å². The Hall–Kier alpha value is -3.06. The van der Waals surface area contributed by atoms with E-state index in [9.17, 15) is 53.1 Å². The van der Waals surface area contributed by atoms with Crippen LogP contribution in [0, 0.1) is 12.7 Å². The molecule has 0 atom stereocenters. The van der Waals surface area contributed by atoms with Crippen molar-refractivity contribution in [3.63, 3.8) is 0 Å². The van der Waals surface area contributed by atoms with Crippen molar-refractivity contribution in [2.45, 2.75) is 31.1 Å². The zero-order valence-electron chi connectivity index (χ0n) is 15.5. The maximum Gasteiger partial charge on any atom is 0.435 e. The number of nitrogens with one attached hydrogen (secondary N) is 1. The van der Waals surface area contributed by atoms with Gasteiger partial charge in [0.2, 0.25) is 0 Å². The predicted octanol–water partition coefficient (Wildman–Crippen LogP) is 6.28. The minimum Gasteiger partial charge on any atom is -0.396 e. The first kappa shape index (κ1) is 25.2. The van der Waals surface area contributed by atoms with Gasteiger partial charge >= 0.3 is 24.2 Å². The summed E-state index contributed by atoms with van der Waals surface area (Å²) in [6, 6.07) is 1.47. The molecular weight excluding hydrogens is 469 g/mol. The van der Waals surface area contributed by atoms with Crippen LogP contribution in [0.3, 0.4) is 0 Å². The molecule has 2 rings (SSSR count). The number of anilines is 2. The fourth-order valence-electron chi connectivity index (χ4n) is 2.73. The van der Waals surface area contributed by atoms with Crippen molar-refractivity contribution in [1.29, 1.82) is 0 Å². The molecule has 0 aliphatic heterocycles. The van der Waals surface area contributed by atoms with Crippen LogP contribution in [0.4, 0.5) is 59.7 Å². The van der Waals surface area contributed by atoms with Crippen molar-refractivity contribution in [1.82, 2.24) is 0 Å². The van der Waals surface area contributed by atoms with Gasteiger partial charge in [-0.25, -0.2) is 8.78 Å². The van der Waals surface area contributed by atoms with E-state index >= 15 is 0 Å². The van der Waals surface area contributed by atoms with Crippen LogP contribution in [0.25, 0.3) is 0 Å². The van der Waals surface area contributed by atoms with Crippen LogP contribution in [-0.2, 0) is 11.8 Å². The molecule has 0 aliphatic rings. The molecule has 0 unspecified atom stereocenters. The topological polar surface area (TPSA) is 55.1 Å². The number of halogens is 11. The van der Waals surface area contributed by atoms with Gasteiger partial charge in [0.1, 0.15) is 5.82 Å². The Balaban J connectivity index is 2.69. The molecule has 3 nitrogen and oxygen atoms in total. The largest absolute Gasteiger partial charge is 0.435 e. The highest BCUT2D eigenvalue weighted by molar-refractivity contribution is 6.05. The number of carbonyl (C=O) groups excluding carboxylic acids is 1. The maximum atomic E-state index is 14.3. The number of rotatable bonds is 3. The van der Waals surface area contributed by atoms with Crippen LogP contribution in [-0.4, -0.2) is 18.3 Å². The summed E-state index contributed by atoms with van der Waals surface area (Å²) in [4.78, 5) is 12.2. The van der Waals surface area contributed by atoms with E-state index in [1.54, 1.807) is 5.32 Å². The van der Waals surface area contributed by atoms with Crippen LogP contribution in [0.15, 0.2) is 30.3 Å². The van der Waals surface area contributed by atoms with E-state index < -0.39 is 75.6 Å². The SMILES string of the molecule is Cc1cc(C(F)(C(F)(F)F)C(F)(F)F)cc(C(F)(F)F)c1NC(=O)c1ccc(F)c(N)c1. The van der Waals surface area contributed by atoms with Crippen LogP contribution < -0.4 is 11.1 Å². The average molecular weight is 480 g/mol. The monoisotopic (exact) mass is 480 g/mol. The fraction of sp³-hybridized carbons (Fsp3) is 0.278. The number of amides is 1. The van der Waals surface area contributed by atoms with Crippen molar-refractivity contribution < 1.29 is 53.1 Å². The minimum atomic E-state index is -6.64. The zero-order chi connectivity index (χ0) is 24.9. The summed E-state index contributed by atoms with van der Waals surface area (Å²) < 4.78 is 146. The Morgan fingerprint density at radius 1 is 0.875 bits per heavy atom. The van der Waals surface area contributed by atoms with E-state index in [0.717, 1.165) is 12.1 Å². The molecule has 0 spiro atoms. The lowest BCUT2D eigenvalue weighted by Crippen LogP contribution is -2.50. The second-order valence-corrected chi connectivity index (χ2v) is 6.56. The molecule has 0 heterocycles. The quantitative estimate of drug-likeness (QED) is 0.402. The second-order valence-electron chi connectivity index (χ2n) is 6.56. The molecule has 1 amide bonds. The van der Waals surface area contributed by atoms with E-state index in [2.05, 4.69) is 0 Å². The smallest absolute Gasteiger partial charge is 0.396 e. The standard InChI is InChI=1S/C18H11F11N2O/c1-7-4-9(15(20,17(24,25)26)18(27,28)29)6-10(16(21,22)23)13(7)31-14(32)8-2-3-11(19)12(30)5-8/h2-6H,30H2,1H3,(H,31,32). The number of benzene rings is 2. The van der Waals surface area contributed by atoms with E-state index in [4.69, 9.17) is 5.73 Å². The fourth-order valence-corrected chi connectivity index (χ4v) is 2.73. The van der Waals surface area contributed by atoms with Crippen molar-refractivity contribution in [3.05, 3.63) is 58.4 Å². The van der Waals surface area contributed by atoms with Gasteiger partial charge in [0.05, 0.1) is 16.9 Å². The molecule has 32 heavy (non-hydrogen) atoms. The minimum absolute atomic E-state index is 0.106. The normalized spacial score (nSPS) is 13.2. The Morgan fingerprint density at radius 3 is 1.84 bits per heavy atom. The Bertz CT molecular complexity index is 1020. The molecule has 14 heteroatoms. The van der Waals surface area contributed by atoms with E-state index in [1.807, 2.05) is 0 Å². The van der Waals surface area contributed by atoms with E-state index in [-0.39, 0.29) is 6.07 Å². The third-order valence-corrected chi connectivity index (χ3v) is 4.32. The summed E-state index contributed by atoms with van der Waals surface area (Å²) in [6.45, 7) is 0.639. The molecule has 0 aliphatic carbocycles. The van der Waals surface area contributed by atoms with Crippen molar-refractivity contribution in [2.24, 2.45) is 0 Å². The van der Waals surface area contributed by atoms with Crippen LogP contribution in [0.1, 0.15) is 27.0 Å². The zero-order valence-corrected chi connectivity index (χ0v) is 15.5. The van der Waals surface area contributed by atoms with Gasteiger partial charge < -0.3 is 11.1 Å².